The molecule has 5 rings (SSSR count). The summed E-state index contributed by atoms with van der Waals surface area (Å²) >= 11 is 0. The summed E-state index contributed by atoms with van der Waals surface area (Å²) in [5.41, 5.74) is 4.03. The smallest absolute Gasteiger partial charge is 0.284 e. The van der Waals surface area contributed by atoms with E-state index in [-0.39, 0.29) is 18.7 Å². The third-order valence-corrected chi connectivity index (χ3v) is 6.68. The molecule has 3 aromatic carbocycles. The van der Waals surface area contributed by atoms with E-state index in [4.69, 9.17) is 14.2 Å². The Morgan fingerprint density at radius 1 is 1.03 bits per heavy atom. The summed E-state index contributed by atoms with van der Waals surface area (Å²) in [4.78, 5) is 14.0. The lowest BCUT2D eigenvalue weighted by Crippen LogP contribution is -2.54. The van der Waals surface area contributed by atoms with Crippen LogP contribution < -0.4 is 19.5 Å². The number of hydrogen-bond acceptors (Lipinski definition) is 4. The summed E-state index contributed by atoms with van der Waals surface area (Å²) < 4.78 is 17.7. The van der Waals surface area contributed by atoms with E-state index in [1.807, 2.05) is 66.7 Å². The van der Waals surface area contributed by atoms with Crippen LogP contribution in [0.4, 0.5) is 0 Å². The van der Waals surface area contributed by atoms with E-state index >= 15 is 0 Å². The highest BCUT2D eigenvalue weighted by molar-refractivity contribution is 5.85. The van der Waals surface area contributed by atoms with Crippen LogP contribution in [0, 0.1) is 0 Å². The van der Waals surface area contributed by atoms with Gasteiger partial charge < -0.3 is 24.0 Å². The summed E-state index contributed by atoms with van der Waals surface area (Å²) in [6.07, 6.45) is 0.833. The van der Waals surface area contributed by atoms with E-state index < -0.39 is 6.04 Å². The Kier molecular flexibility index (Phi) is 5.46. The van der Waals surface area contributed by atoms with Gasteiger partial charge in [-0.25, -0.2) is 0 Å². The van der Waals surface area contributed by atoms with Crippen LogP contribution >= 0.6 is 0 Å². The van der Waals surface area contributed by atoms with Crippen LogP contribution in [-0.4, -0.2) is 44.9 Å². The second kappa shape index (κ2) is 8.45. The summed E-state index contributed by atoms with van der Waals surface area (Å²) in [7, 11) is 5.81. The summed E-state index contributed by atoms with van der Waals surface area (Å²) in [5.74, 6) is 1.82. The lowest BCUT2D eigenvalue weighted by molar-refractivity contribution is -0.913. The van der Waals surface area contributed by atoms with Gasteiger partial charge in [-0.1, -0.05) is 60.7 Å². The van der Waals surface area contributed by atoms with E-state index in [2.05, 4.69) is 19.4 Å². The quantitative estimate of drug-likeness (QED) is 0.603. The van der Waals surface area contributed by atoms with Crippen LogP contribution in [0.3, 0.4) is 0 Å². The zero-order valence-electron chi connectivity index (χ0n) is 19.2. The Hall–Kier alpha value is -3.51. The molecule has 0 spiro atoms. The zero-order chi connectivity index (χ0) is 23.0. The standard InChI is InChI=1S/C27H28N2O4/c1-29(2)15-14-20-16-21-25(33-17-32-21)26(31-3)22(20)24(29)27(30)28-23(18-10-6-4-7-11-18)19-12-8-5-9-13-19/h4-13,16,23-24H,14-15,17H2,1-3H3/p+1/t24-/m1/s1. The van der Waals surface area contributed by atoms with Gasteiger partial charge in [0.05, 0.1) is 39.4 Å². The fraction of sp³-hybridized carbons (Fsp3) is 0.296. The molecule has 0 unspecified atom stereocenters. The molecule has 1 atom stereocenters. The molecular weight excluding hydrogens is 416 g/mol. The predicted molar refractivity (Wildman–Crippen MR) is 125 cm³/mol. The molecule has 33 heavy (non-hydrogen) atoms. The molecule has 1 N–H and O–H groups in total. The highest BCUT2D eigenvalue weighted by atomic mass is 16.7. The second-order valence-electron chi connectivity index (χ2n) is 9.13. The number of nitrogens with one attached hydrogen (secondary N) is 1. The number of nitrogens with zero attached hydrogens (tertiary/aromatic N) is 1. The van der Waals surface area contributed by atoms with Gasteiger partial charge in [0.25, 0.3) is 5.91 Å². The van der Waals surface area contributed by atoms with E-state index in [1.165, 1.54) is 0 Å². The van der Waals surface area contributed by atoms with Gasteiger partial charge in [-0.2, -0.15) is 0 Å². The van der Waals surface area contributed by atoms with Gasteiger partial charge >= 0.3 is 0 Å². The minimum absolute atomic E-state index is 0.0455. The number of hydrogen-bond donors (Lipinski definition) is 1. The number of carbonyl (C=O) groups excluding carboxylic acids is 1. The maximum atomic E-state index is 14.0. The largest absolute Gasteiger partial charge is 0.492 e. The summed E-state index contributed by atoms with van der Waals surface area (Å²) in [6, 6.07) is 21.4. The van der Waals surface area contributed by atoms with Gasteiger partial charge in [-0.15, -0.1) is 0 Å². The zero-order valence-corrected chi connectivity index (χ0v) is 19.2. The van der Waals surface area contributed by atoms with E-state index in [1.54, 1.807) is 7.11 Å². The van der Waals surface area contributed by atoms with Crippen molar-refractivity contribution in [2.45, 2.75) is 18.5 Å². The molecule has 0 saturated heterocycles. The lowest BCUT2D eigenvalue weighted by Gasteiger charge is -2.42. The molecule has 6 heteroatoms. The van der Waals surface area contributed by atoms with Crippen LogP contribution in [0.15, 0.2) is 66.7 Å². The minimum Gasteiger partial charge on any atom is -0.492 e. The molecule has 0 aliphatic carbocycles. The van der Waals surface area contributed by atoms with E-state index in [0.717, 1.165) is 35.2 Å². The SMILES string of the molecule is COc1c2c(cc3c1[C@H](C(=O)NC(c1ccccc1)c1ccccc1)[N+](C)(C)CC3)OCO2. The summed E-state index contributed by atoms with van der Waals surface area (Å²) in [5, 5.41) is 3.35. The van der Waals surface area contributed by atoms with Crippen molar-refractivity contribution in [3.63, 3.8) is 0 Å². The Morgan fingerprint density at radius 2 is 1.67 bits per heavy atom. The van der Waals surface area contributed by atoms with Crippen molar-refractivity contribution in [3.05, 3.63) is 89.0 Å². The van der Waals surface area contributed by atoms with Gasteiger partial charge in [-0.05, 0) is 22.8 Å². The molecule has 2 heterocycles. The first kappa shape index (κ1) is 21.3. The van der Waals surface area contributed by atoms with E-state index in [0.29, 0.717) is 21.7 Å². The molecule has 2 aliphatic heterocycles. The highest BCUT2D eigenvalue weighted by Crippen LogP contribution is 2.50. The number of benzene rings is 3. The lowest BCUT2D eigenvalue weighted by atomic mass is 9.88. The first-order valence-corrected chi connectivity index (χ1v) is 11.2. The predicted octanol–water partition coefficient (Wildman–Crippen LogP) is 4.00. The van der Waals surface area contributed by atoms with Crippen LogP contribution in [0.1, 0.15) is 34.3 Å². The van der Waals surface area contributed by atoms with Crippen molar-refractivity contribution in [1.29, 1.82) is 0 Å². The molecule has 0 aromatic heterocycles. The number of quaternary nitrogens is 1. The maximum Gasteiger partial charge on any atom is 0.284 e. The topological polar surface area (TPSA) is 56.8 Å². The number of ether oxygens (including phenoxy) is 3. The molecule has 0 fully saturated rings. The number of likely N-dealkylation sites (N-methyl/N-ethyl adjacent to an activating group) is 1. The van der Waals surface area contributed by atoms with Crippen LogP contribution in [0.2, 0.25) is 0 Å². The molecule has 0 radical (unpaired) electrons. The number of fused-ring (bicyclic) bond motifs is 2. The average Bonchev–Trinajstić information content (AvgIpc) is 3.30. The van der Waals surface area contributed by atoms with Crippen molar-refractivity contribution in [1.82, 2.24) is 5.32 Å². The average molecular weight is 446 g/mol. The van der Waals surface area contributed by atoms with Gasteiger partial charge in [0.15, 0.2) is 17.5 Å². The summed E-state index contributed by atoms with van der Waals surface area (Å²) in [6.45, 7) is 0.989. The number of carbonyl (C=O) groups is 1. The molecule has 0 bridgehead atoms. The Labute approximate surface area is 194 Å². The highest BCUT2D eigenvalue weighted by Gasteiger charge is 2.46. The normalized spacial score (nSPS) is 18.0. The number of rotatable bonds is 5. The monoisotopic (exact) mass is 445 g/mol. The fourth-order valence-electron chi connectivity index (χ4n) is 4.99. The van der Waals surface area contributed by atoms with Crippen molar-refractivity contribution in [2.75, 3.05) is 34.5 Å². The minimum atomic E-state index is -0.451. The van der Waals surface area contributed by atoms with Gasteiger partial charge in [0.2, 0.25) is 12.5 Å². The maximum absolute atomic E-state index is 14.0. The van der Waals surface area contributed by atoms with Crippen molar-refractivity contribution < 1.29 is 23.5 Å². The molecule has 1 amide bonds. The van der Waals surface area contributed by atoms with Gasteiger partial charge in [-0.3, -0.25) is 4.79 Å². The van der Waals surface area contributed by atoms with Gasteiger partial charge in [0, 0.05) is 6.42 Å². The molecular formula is C27H29N2O4+. The molecule has 170 valence electrons. The van der Waals surface area contributed by atoms with Gasteiger partial charge in [0.1, 0.15) is 0 Å². The Morgan fingerprint density at radius 3 is 2.27 bits per heavy atom. The number of methoxy groups -OCH3 is 1. The van der Waals surface area contributed by atoms with Crippen molar-refractivity contribution in [3.8, 4) is 17.2 Å². The first-order valence-electron chi connectivity index (χ1n) is 11.2. The number of amides is 1. The Balaban J connectivity index is 1.58. The molecule has 0 saturated carbocycles. The first-order chi connectivity index (χ1) is 16.0. The third-order valence-electron chi connectivity index (χ3n) is 6.68. The molecule has 6 nitrogen and oxygen atoms in total. The third kappa shape index (κ3) is 3.80. The Bertz CT molecular complexity index is 1120. The molecule has 3 aromatic rings. The van der Waals surface area contributed by atoms with Crippen LogP contribution in [0.25, 0.3) is 0 Å². The van der Waals surface area contributed by atoms with Crippen molar-refractivity contribution >= 4 is 5.91 Å². The second-order valence-corrected chi connectivity index (χ2v) is 9.13. The van der Waals surface area contributed by atoms with Crippen LogP contribution in [0.5, 0.6) is 17.2 Å². The fourth-order valence-corrected chi connectivity index (χ4v) is 4.99. The molecule has 2 aliphatic rings. The van der Waals surface area contributed by atoms with E-state index in [9.17, 15) is 4.79 Å². The van der Waals surface area contributed by atoms with Crippen LogP contribution in [-0.2, 0) is 11.2 Å². The van der Waals surface area contributed by atoms with Crippen molar-refractivity contribution in [2.24, 2.45) is 0 Å².